The molecule has 1 saturated heterocycles. The number of halogens is 2. The molecule has 1 aromatic rings. The maximum atomic E-state index is 9.60. The lowest BCUT2D eigenvalue weighted by molar-refractivity contribution is -0.138. The number of hydrogen-bond donors (Lipinski definition) is 1. The summed E-state index contributed by atoms with van der Waals surface area (Å²) in [6.45, 7) is 11.2. The van der Waals surface area contributed by atoms with Crippen LogP contribution in [0.25, 0.3) is 0 Å². The van der Waals surface area contributed by atoms with Crippen LogP contribution in [0.5, 0.6) is 0 Å². The largest absolute Gasteiger partial charge is 0.462 e. The molecule has 6 heteroatoms. The topological polar surface area (TPSA) is 41.6 Å². The summed E-state index contributed by atoms with van der Waals surface area (Å²) in [6.07, 6.45) is 0. The van der Waals surface area contributed by atoms with Crippen LogP contribution in [0.3, 0.4) is 0 Å². The fraction of sp³-hybridized carbons (Fsp3) is 0.562. The van der Waals surface area contributed by atoms with Crippen LogP contribution in [0, 0.1) is 0 Å². The third-order valence-corrected chi connectivity index (χ3v) is 3.38. The number of carbonyl (C=O) groups excluding carboxylic acids is 1. The Hall–Kier alpha value is -0.810. The Balaban J connectivity index is 0.000000295. The highest BCUT2D eigenvalue weighted by Crippen LogP contribution is 2.20. The maximum absolute atomic E-state index is 9.60. The quantitative estimate of drug-likeness (QED) is 0.852. The second-order valence-corrected chi connectivity index (χ2v) is 7.00. The lowest BCUT2D eigenvalue weighted by Gasteiger charge is -2.27. The van der Waals surface area contributed by atoms with Crippen LogP contribution >= 0.6 is 23.2 Å². The highest BCUT2D eigenvalue weighted by atomic mass is 35.5. The molecule has 0 saturated carbocycles. The van der Waals surface area contributed by atoms with Gasteiger partial charge in [0.15, 0.2) is 0 Å². The molecular formula is C16H24Cl2N2O2. The van der Waals surface area contributed by atoms with Crippen molar-refractivity contribution in [2.24, 2.45) is 0 Å². The number of hydrogen-bond acceptors (Lipinski definition) is 4. The van der Waals surface area contributed by atoms with E-state index in [0.717, 1.165) is 32.7 Å². The molecule has 1 N–H and O–H groups in total. The zero-order chi connectivity index (χ0) is 16.6. The molecule has 0 amide bonds. The number of ether oxygens (including phenoxy) is 1. The Morgan fingerprint density at radius 1 is 1.18 bits per heavy atom. The smallest absolute Gasteiger partial charge is 0.293 e. The van der Waals surface area contributed by atoms with Gasteiger partial charge in [0.2, 0.25) is 0 Å². The van der Waals surface area contributed by atoms with Crippen LogP contribution in [0.1, 0.15) is 26.3 Å². The van der Waals surface area contributed by atoms with Crippen LogP contribution in [0.15, 0.2) is 18.2 Å². The van der Waals surface area contributed by atoms with E-state index in [1.807, 2.05) is 32.9 Å². The Bertz CT molecular complexity index is 449. The Morgan fingerprint density at radius 3 is 2.14 bits per heavy atom. The molecule has 1 fully saturated rings. The van der Waals surface area contributed by atoms with E-state index in [9.17, 15) is 4.79 Å². The summed E-state index contributed by atoms with van der Waals surface area (Å²) >= 11 is 11.9. The summed E-state index contributed by atoms with van der Waals surface area (Å²) in [7, 11) is 0. The summed E-state index contributed by atoms with van der Waals surface area (Å²) < 4.78 is 4.55. The van der Waals surface area contributed by atoms with Gasteiger partial charge < -0.3 is 10.1 Å². The van der Waals surface area contributed by atoms with E-state index in [2.05, 4.69) is 15.0 Å². The van der Waals surface area contributed by atoms with E-state index in [1.165, 1.54) is 5.56 Å². The Kier molecular flexibility index (Phi) is 8.18. The highest BCUT2D eigenvalue weighted by molar-refractivity contribution is 6.34. The minimum atomic E-state index is -0.318. The van der Waals surface area contributed by atoms with Crippen molar-refractivity contribution in [3.63, 3.8) is 0 Å². The molecule has 22 heavy (non-hydrogen) atoms. The lowest BCUT2D eigenvalue weighted by Crippen LogP contribution is -2.42. The van der Waals surface area contributed by atoms with Gasteiger partial charge in [-0.15, -0.1) is 0 Å². The van der Waals surface area contributed by atoms with E-state index in [-0.39, 0.29) is 5.60 Å². The van der Waals surface area contributed by atoms with E-state index in [4.69, 9.17) is 23.2 Å². The zero-order valence-electron chi connectivity index (χ0n) is 13.4. The Morgan fingerprint density at radius 2 is 1.73 bits per heavy atom. The summed E-state index contributed by atoms with van der Waals surface area (Å²) in [5, 5.41) is 4.76. The first kappa shape index (κ1) is 19.2. The SMILES string of the molecule is CC(C)(C)OC=O.Clc1cc(Cl)cc(CN2CCNCC2)c1. The van der Waals surface area contributed by atoms with Crippen molar-refractivity contribution < 1.29 is 9.53 Å². The van der Waals surface area contributed by atoms with Crippen molar-refractivity contribution in [3.8, 4) is 0 Å². The first-order valence-corrected chi connectivity index (χ1v) is 8.05. The highest BCUT2D eigenvalue weighted by Gasteiger charge is 2.10. The van der Waals surface area contributed by atoms with Crippen LogP contribution < -0.4 is 5.32 Å². The normalized spacial score (nSPS) is 15.7. The van der Waals surface area contributed by atoms with Crippen molar-refractivity contribution in [3.05, 3.63) is 33.8 Å². The van der Waals surface area contributed by atoms with Crippen molar-refractivity contribution in [2.45, 2.75) is 32.9 Å². The van der Waals surface area contributed by atoms with Gasteiger partial charge in [-0.2, -0.15) is 0 Å². The lowest BCUT2D eigenvalue weighted by atomic mass is 10.2. The van der Waals surface area contributed by atoms with Crippen molar-refractivity contribution in [1.82, 2.24) is 10.2 Å². The first-order chi connectivity index (χ1) is 10.3. The zero-order valence-corrected chi connectivity index (χ0v) is 14.9. The molecule has 0 bridgehead atoms. The number of benzene rings is 1. The summed E-state index contributed by atoms with van der Waals surface area (Å²) in [5.41, 5.74) is 0.872. The van der Waals surface area contributed by atoms with E-state index >= 15 is 0 Å². The minimum Gasteiger partial charge on any atom is -0.462 e. The molecule has 0 atom stereocenters. The number of nitrogens with zero attached hydrogens (tertiary/aromatic N) is 1. The molecular weight excluding hydrogens is 323 g/mol. The molecule has 0 aliphatic carbocycles. The van der Waals surface area contributed by atoms with Crippen molar-refractivity contribution in [2.75, 3.05) is 26.2 Å². The molecule has 0 radical (unpaired) electrons. The number of piperazine rings is 1. The predicted molar refractivity (Wildman–Crippen MR) is 91.5 cm³/mol. The average Bonchev–Trinajstić information content (AvgIpc) is 2.37. The summed E-state index contributed by atoms with van der Waals surface area (Å²) in [5.74, 6) is 0. The van der Waals surface area contributed by atoms with Gasteiger partial charge in [-0.25, -0.2) is 0 Å². The second kappa shape index (κ2) is 9.36. The van der Waals surface area contributed by atoms with Crippen molar-refractivity contribution in [1.29, 1.82) is 0 Å². The average molecular weight is 347 g/mol. The second-order valence-electron chi connectivity index (χ2n) is 6.13. The molecule has 2 rings (SSSR count). The monoisotopic (exact) mass is 346 g/mol. The number of rotatable bonds is 3. The standard InChI is InChI=1S/C11H14Cl2N2.C5H10O2/c12-10-5-9(6-11(13)7-10)8-15-3-1-14-2-4-15;1-5(2,3)7-4-6/h5-7,14H,1-4,8H2;4H,1-3H3. The maximum Gasteiger partial charge on any atom is 0.293 e. The molecule has 0 aromatic heterocycles. The predicted octanol–water partition coefficient (Wildman–Crippen LogP) is 3.36. The van der Waals surface area contributed by atoms with Gasteiger partial charge in [0.1, 0.15) is 5.60 Å². The Labute approximate surface area is 142 Å². The molecule has 1 aromatic carbocycles. The van der Waals surface area contributed by atoms with Crippen LogP contribution in [0.4, 0.5) is 0 Å². The van der Waals surface area contributed by atoms with Crippen LogP contribution in [-0.4, -0.2) is 43.2 Å². The summed E-state index contributed by atoms with van der Waals surface area (Å²) in [6, 6.07) is 5.73. The van der Waals surface area contributed by atoms with E-state index in [1.54, 1.807) is 6.07 Å². The van der Waals surface area contributed by atoms with Crippen LogP contribution in [-0.2, 0) is 16.1 Å². The van der Waals surface area contributed by atoms with Gasteiger partial charge in [0.05, 0.1) is 0 Å². The first-order valence-electron chi connectivity index (χ1n) is 7.29. The van der Waals surface area contributed by atoms with E-state index < -0.39 is 0 Å². The minimum absolute atomic E-state index is 0.318. The van der Waals surface area contributed by atoms with Gasteiger partial charge in [0.25, 0.3) is 6.47 Å². The van der Waals surface area contributed by atoms with Crippen LogP contribution in [0.2, 0.25) is 10.0 Å². The fourth-order valence-corrected chi connectivity index (χ4v) is 2.55. The van der Waals surface area contributed by atoms with Gasteiger partial charge in [0, 0.05) is 42.8 Å². The fourth-order valence-electron chi connectivity index (χ4n) is 1.97. The van der Waals surface area contributed by atoms with Gasteiger partial charge in [-0.1, -0.05) is 23.2 Å². The molecule has 1 heterocycles. The van der Waals surface area contributed by atoms with Gasteiger partial charge in [-0.3, -0.25) is 9.69 Å². The molecule has 0 spiro atoms. The molecule has 1 aliphatic heterocycles. The molecule has 1 aliphatic rings. The van der Waals surface area contributed by atoms with Gasteiger partial charge >= 0.3 is 0 Å². The third-order valence-electron chi connectivity index (χ3n) is 2.94. The third kappa shape index (κ3) is 8.59. The summed E-state index contributed by atoms with van der Waals surface area (Å²) in [4.78, 5) is 12.0. The number of carbonyl (C=O) groups is 1. The van der Waals surface area contributed by atoms with Crippen molar-refractivity contribution >= 4 is 29.7 Å². The molecule has 124 valence electrons. The van der Waals surface area contributed by atoms with Gasteiger partial charge in [-0.05, 0) is 44.5 Å². The molecule has 4 nitrogen and oxygen atoms in total. The van der Waals surface area contributed by atoms with E-state index in [0.29, 0.717) is 16.5 Å². The number of nitrogens with one attached hydrogen (secondary N) is 1. The molecule has 0 unspecified atom stereocenters.